The van der Waals surface area contributed by atoms with Gasteiger partial charge in [-0.3, -0.25) is 4.90 Å². The minimum absolute atomic E-state index is 0.151. The first-order valence-corrected chi connectivity index (χ1v) is 6.39. The number of aliphatic hydroxyl groups is 1. The van der Waals surface area contributed by atoms with Crippen LogP contribution in [0, 0.1) is 0 Å². The predicted molar refractivity (Wildman–Crippen MR) is 69.7 cm³/mol. The van der Waals surface area contributed by atoms with Crippen molar-refractivity contribution in [2.45, 2.75) is 19.1 Å². The van der Waals surface area contributed by atoms with Crippen LogP contribution >= 0.6 is 0 Å². The number of ether oxygens (including phenoxy) is 2. The molecule has 0 aliphatic carbocycles. The Morgan fingerprint density at radius 3 is 2.67 bits per heavy atom. The molecule has 1 aromatic carbocycles. The average molecular weight is 251 g/mol. The van der Waals surface area contributed by atoms with Crippen molar-refractivity contribution in [3.05, 3.63) is 29.8 Å². The molecule has 0 spiro atoms. The van der Waals surface area contributed by atoms with Gasteiger partial charge in [0.1, 0.15) is 12.4 Å². The minimum atomic E-state index is -0.151. The first-order chi connectivity index (χ1) is 8.78. The summed E-state index contributed by atoms with van der Waals surface area (Å²) in [4.78, 5) is 2.27. The van der Waals surface area contributed by atoms with E-state index in [1.165, 1.54) is 5.56 Å². The van der Waals surface area contributed by atoms with Crippen LogP contribution in [0.4, 0.5) is 0 Å². The molecule has 1 saturated heterocycles. The lowest BCUT2D eigenvalue weighted by Gasteiger charge is -2.15. The van der Waals surface area contributed by atoms with Gasteiger partial charge in [0, 0.05) is 26.7 Å². The number of rotatable bonds is 6. The van der Waals surface area contributed by atoms with Gasteiger partial charge in [-0.05, 0) is 24.1 Å². The maximum Gasteiger partial charge on any atom is 0.119 e. The average Bonchev–Trinajstić information content (AvgIpc) is 2.77. The summed E-state index contributed by atoms with van der Waals surface area (Å²) in [5.74, 6) is 0.872. The Morgan fingerprint density at radius 1 is 1.28 bits per heavy atom. The van der Waals surface area contributed by atoms with Crippen LogP contribution in [0.15, 0.2) is 24.3 Å². The summed E-state index contributed by atoms with van der Waals surface area (Å²) in [6.07, 6.45) is 0.736. The van der Waals surface area contributed by atoms with Crippen LogP contribution in [-0.2, 0) is 11.3 Å². The highest BCUT2D eigenvalue weighted by Gasteiger charge is 2.19. The van der Waals surface area contributed by atoms with Gasteiger partial charge < -0.3 is 14.6 Å². The Hall–Kier alpha value is -1.10. The van der Waals surface area contributed by atoms with Gasteiger partial charge in [-0.25, -0.2) is 0 Å². The highest BCUT2D eigenvalue weighted by molar-refractivity contribution is 5.27. The van der Waals surface area contributed by atoms with E-state index in [1.54, 1.807) is 7.11 Å². The zero-order chi connectivity index (χ0) is 12.8. The van der Waals surface area contributed by atoms with Gasteiger partial charge in [0.15, 0.2) is 0 Å². The second-order valence-corrected chi connectivity index (χ2v) is 4.66. The molecular weight excluding hydrogens is 230 g/mol. The van der Waals surface area contributed by atoms with Crippen molar-refractivity contribution in [2.24, 2.45) is 0 Å². The maximum atomic E-state index is 9.47. The Kier molecular flexibility index (Phi) is 4.99. The molecule has 1 aliphatic rings. The SMILES string of the molecule is COCCOc1ccc(CN2CC[C@@H](O)C2)cc1. The first kappa shape index (κ1) is 13.3. The van der Waals surface area contributed by atoms with Crippen molar-refractivity contribution in [3.8, 4) is 5.75 Å². The fraction of sp³-hybridized carbons (Fsp3) is 0.571. The zero-order valence-corrected chi connectivity index (χ0v) is 10.8. The van der Waals surface area contributed by atoms with E-state index in [1.807, 2.05) is 12.1 Å². The number of β-amino-alcohol motifs (C(OH)–C–C–N with tert-alkyl or cyclic N) is 1. The number of methoxy groups -OCH3 is 1. The van der Waals surface area contributed by atoms with Crippen molar-refractivity contribution < 1.29 is 14.6 Å². The van der Waals surface area contributed by atoms with Crippen molar-refractivity contribution in [3.63, 3.8) is 0 Å². The molecule has 0 saturated carbocycles. The molecule has 2 rings (SSSR count). The second kappa shape index (κ2) is 6.73. The number of nitrogens with zero attached hydrogens (tertiary/aromatic N) is 1. The van der Waals surface area contributed by atoms with Gasteiger partial charge in [-0.15, -0.1) is 0 Å². The third-order valence-corrected chi connectivity index (χ3v) is 3.13. The third-order valence-electron chi connectivity index (χ3n) is 3.13. The lowest BCUT2D eigenvalue weighted by Crippen LogP contribution is -2.21. The molecule has 0 bridgehead atoms. The number of aliphatic hydroxyl groups excluding tert-OH is 1. The second-order valence-electron chi connectivity index (χ2n) is 4.66. The van der Waals surface area contributed by atoms with E-state index in [0.29, 0.717) is 13.2 Å². The van der Waals surface area contributed by atoms with Crippen LogP contribution in [0.2, 0.25) is 0 Å². The van der Waals surface area contributed by atoms with Gasteiger partial charge in [0.05, 0.1) is 12.7 Å². The fourth-order valence-electron chi connectivity index (χ4n) is 2.15. The molecule has 0 unspecified atom stereocenters. The summed E-state index contributed by atoms with van der Waals surface area (Å²) < 4.78 is 10.4. The lowest BCUT2D eigenvalue weighted by molar-refractivity contribution is 0.146. The van der Waals surface area contributed by atoms with Gasteiger partial charge in [-0.2, -0.15) is 0 Å². The molecule has 0 aromatic heterocycles. The van der Waals surface area contributed by atoms with Crippen LogP contribution in [-0.4, -0.2) is 49.5 Å². The molecule has 1 aliphatic heterocycles. The molecule has 1 heterocycles. The zero-order valence-electron chi connectivity index (χ0n) is 10.8. The lowest BCUT2D eigenvalue weighted by atomic mass is 10.2. The molecule has 18 heavy (non-hydrogen) atoms. The highest BCUT2D eigenvalue weighted by Crippen LogP contribution is 2.16. The molecule has 1 N–H and O–H groups in total. The molecule has 100 valence electrons. The Bertz CT molecular complexity index is 353. The standard InChI is InChI=1S/C14H21NO3/c1-17-8-9-18-14-4-2-12(3-5-14)10-15-7-6-13(16)11-15/h2-5,13,16H,6-11H2,1H3/t13-/m1/s1. The molecule has 4 heteroatoms. The quantitative estimate of drug-likeness (QED) is 0.773. The van der Waals surface area contributed by atoms with E-state index < -0.39 is 0 Å². The van der Waals surface area contributed by atoms with Crippen LogP contribution in [0.5, 0.6) is 5.75 Å². The van der Waals surface area contributed by atoms with Gasteiger partial charge in [0.25, 0.3) is 0 Å². The van der Waals surface area contributed by atoms with E-state index in [9.17, 15) is 5.11 Å². The van der Waals surface area contributed by atoms with Crippen LogP contribution in [0.25, 0.3) is 0 Å². The summed E-state index contributed by atoms with van der Waals surface area (Å²) in [5, 5.41) is 9.47. The minimum Gasteiger partial charge on any atom is -0.491 e. The van der Waals surface area contributed by atoms with E-state index in [4.69, 9.17) is 9.47 Å². The molecule has 0 amide bonds. The number of benzene rings is 1. The van der Waals surface area contributed by atoms with Crippen molar-refractivity contribution in [1.29, 1.82) is 0 Å². The van der Waals surface area contributed by atoms with Crippen molar-refractivity contribution in [2.75, 3.05) is 33.4 Å². The molecule has 1 atom stereocenters. The first-order valence-electron chi connectivity index (χ1n) is 6.39. The molecule has 1 fully saturated rings. The van der Waals surface area contributed by atoms with E-state index in [-0.39, 0.29) is 6.10 Å². The monoisotopic (exact) mass is 251 g/mol. The van der Waals surface area contributed by atoms with E-state index in [0.717, 1.165) is 31.8 Å². The summed E-state index contributed by atoms with van der Waals surface area (Å²) in [6, 6.07) is 8.12. The normalized spacial score (nSPS) is 20.2. The van der Waals surface area contributed by atoms with Gasteiger partial charge in [-0.1, -0.05) is 12.1 Å². The third kappa shape index (κ3) is 3.98. The van der Waals surface area contributed by atoms with E-state index >= 15 is 0 Å². The van der Waals surface area contributed by atoms with Crippen LogP contribution in [0.3, 0.4) is 0 Å². The summed E-state index contributed by atoms with van der Waals surface area (Å²) in [7, 11) is 1.66. The van der Waals surface area contributed by atoms with Gasteiger partial charge >= 0.3 is 0 Å². The smallest absolute Gasteiger partial charge is 0.119 e. The van der Waals surface area contributed by atoms with Crippen LogP contribution in [0.1, 0.15) is 12.0 Å². The largest absolute Gasteiger partial charge is 0.491 e. The van der Waals surface area contributed by atoms with Crippen LogP contribution < -0.4 is 4.74 Å². The molecule has 1 aromatic rings. The Labute approximate surface area is 108 Å². The van der Waals surface area contributed by atoms with Gasteiger partial charge in [0.2, 0.25) is 0 Å². The maximum absolute atomic E-state index is 9.47. The number of likely N-dealkylation sites (tertiary alicyclic amines) is 1. The summed E-state index contributed by atoms with van der Waals surface area (Å²) >= 11 is 0. The highest BCUT2D eigenvalue weighted by atomic mass is 16.5. The van der Waals surface area contributed by atoms with Crippen molar-refractivity contribution >= 4 is 0 Å². The topological polar surface area (TPSA) is 41.9 Å². The van der Waals surface area contributed by atoms with E-state index in [2.05, 4.69) is 17.0 Å². The predicted octanol–water partition coefficient (Wildman–Crippen LogP) is 1.28. The molecule has 0 radical (unpaired) electrons. The molecular formula is C14H21NO3. The summed E-state index contributed by atoms with van der Waals surface area (Å²) in [5.41, 5.74) is 1.25. The Balaban J connectivity index is 1.80. The fourth-order valence-corrected chi connectivity index (χ4v) is 2.15. The number of hydrogen-bond acceptors (Lipinski definition) is 4. The van der Waals surface area contributed by atoms with Crippen molar-refractivity contribution in [1.82, 2.24) is 4.90 Å². The molecule has 4 nitrogen and oxygen atoms in total. The Morgan fingerprint density at radius 2 is 2.06 bits per heavy atom. The number of hydrogen-bond donors (Lipinski definition) is 1. The summed E-state index contributed by atoms with van der Waals surface area (Å²) in [6.45, 7) is 3.84.